The molecule has 0 radical (unpaired) electrons. The van der Waals surface area contributed by atoms with Gasteiger partial charge in [-0.05, 0) is 19.4 Å². The van der Waals surface area contributed by atoms with E-state index in [1.165, 1.54) is 11.3 Å². The molecule has 0 spiro atoms. The van der Waals surface area contributed by atoms with Crippen LogP contribution in [0.3, 0.4) is 0 Å². The van der Waals surface area contributed by atoms with Gasteiger partial charge in [0.25, 0.3) is 0 Å². The lowest BCUT2D eigenvalue weighted by atomic mass is 10.2. The van der Waals surface area contributed by atoms with Crippen LogP contribution in [0.1, 0.15) is 19.4 Å². The molecule has 2 aromatic rings. The molecule has 1 heterocycles. The van der Waals surface area contributed by atoms with Gasteiger partial charge in [0.15, 0.2) is 0 Å². The minimum absolute atomic E-state index is 0.835. The molecule has 1 aromatic carbocycles. The summed E-state index contributed by atoms with van der Waals surface area (Å²) in [6, 6.07) is 10.4. The molecule has 0 fully saturated rings. The molecule has 0 N–H and O–H groups in total. The summed E-state index contributed by atoms with van der Waals surface area (Å²) in [5, 5.41) is 4.40. The highest BCUT2D eigenvalue weighted by Gasteiger charge is 2.04. The average Bonchev–Trinajstić information content (AvgIpc) is 2.81. The van der Waals surface area contributed by atoms with E-state index in [0.29, 0.717) is 0 Å². The second kappa shape index (κ2) is 5.53. The van der Waals surface area contributed by atoms with Crippen molar-refractivity contribution in [3.63, 3.8) is 0 Å². The molecule has 3 nitrogen and oxygen atoms in total. The van der Waals surface area contributed by atoms with Crippen molar-refractivity contribution >= 4 is 5.69 Å². The van der Waals surface area contributed by atoms with Crippen LogP contribution in [0, 0.1) is 0 Å². The van der Waals surface area contributed by atoms with E-state index in [-0.39, 0.29) is 0 Å². The van der Waals surface area contributed by atoms with Crippen LogP contribution in [-0.2, 0) is 6.54 Å². The number of nitrogens with zero attached hydrogens (tertiary/aromatic N) is 3. The van der Waals surface area contributed by atoms with Crippen molar-refractivity contribution in [3.05, 3.63) is 48.3 Å². The lowest BCUT2D eigenvalue weighted by Crippen LogP contribution is -2.21. The molecule has 17 heavy (non-hydrogen) atoms. The SMILES string of the molecule is CCN(CC)c1cnn(Cc2ccccc2)c1. The quantitative estimate of drug-likeness (QED) is 0.786. The van der Waals surface area contributed by atoms with Crippen LogP contribution in [0.5, 0.6) is 0 Å². The number of hydrogen-bond donors (Lipinski definition) is 0. The summed E-state index contributed by atoms with van der Waals surface area (Å²) in [6.45, 7) is 7.21. The second-order valence-electron chi connectivity index (χ2n) is 4.05. The highest BCUT2D eigenvalue weighted by Crippen LogP contribution is 2.13. The first kappa shape index (κ1) is 11.7. The molecule has 0 saturated carbocycles. The van der Waals surface area contributed by atoms with Gasteiger partial charge in [-0.3, -0.25) is 4.68 Å². The lowest BCUT2D eigenvalue weighted by Gasteiger charge is -2.17. The lowest BCUT2D eigenvalue weighted by molar-refractivity contribution is 0.686. The van der Waals surface area contributed by atoms with Crippen molar-refractivity contribution in [1.82, 2.24) is 9.78 Å². The molecule has 0 aliphatic heterocycles. The van der Waals surface area contributed by atoms with Gasteiger partial charge >= 0.3 is 0 Å². The van der Waals surface area contributed by atoms with Crippen molar-refractivity contribution in [3.8, 4) is 0 Å². The first-order valence-corrected chi connectivity index (χ1v) is 6.14. The number of aromatic nitrogens is 2. The summed E-state index contributed by atoms with van der Waals surface area (Å²) in [4.78, 5) is 2.30. The molecule has 0 bridgehead atoms. The molecule has 3 heteroatoms. The fourth-order valence-corrected chi connectivity index (χ4v) is 1.96. The van der Waals surface area contributed by atoms with Crippen LogP contribution in [0.25, 0.3) is 0 Å². The summed E-state index contributed by atoms with van der Waals surface area (Å²) in [7, 11) is 0. The third-order valence-electron chi connectivity index (χ3n) is 2.94. The molecule has 0 amide bonds. The molecule has 0 unspecified atom stereocenters. The topological polar surface area (TPSA) is 21.1 Å². The maximum Gasteiger partial charge on any atom is 0.0752 e. The first-order chi connectivity index (χ1) is 8.33. The molecule has 0 aliphatic carbocycles. The predicted molar refractivity (Wildman–Crippen MR) is 71.3 cm³/mol. The highest BCUT2D eigenvalue weighted by atomic mass is 15.3. The fraction of sp³-hybridized carbons (Fsp3) is 0.357. The van der Waals surface area contributed by atoms with E-state index in [2.05, 4.69) is 54.3 Å². The maximum atomic E-state index is 4.40. The van der Waals surface area contributed by atoms with Gasteiger partial charge in [-0.1, -0.05) is 30.3 Å². The average molecular weight is 229 g/mol. The van der Waals surface area contributed by atoms with E-state index in [1.54, 1.807) is 0 Å². The van der Waals surface area contributed by atoms with E-state index in [4.69, 9.17) is 0 Å². The minimum Gasteiger partial charge on any atom is -0.370 e. The molecule has 0 aliphatic rings. The largest absolute Gasteiger partial charge is 0.370 e. The molecule has 1 aromatic heterocycles. The van der Waals surface area contributed by atoms with E-state index in [1.807, 2.05) is 16.9 Å². The zero-order valence-corrected chi connectivity index (χ0v) is 10.5. The molecule has 0 atom stereocenters. The van der Waals surface area contributed by atoms with E-state index < -0.39 is 0 Å². The normalized spacial score (nSPS) is 10.5. The van der Waals surface area contributed by atoms with Crippen molar-refractivity contribution in [2.24, 2.45) is 0 Å². The summed E-state index contributed by atoms with van der Waals surface area (Å²) in [5.41, 5.74) is 2.48. The maximum absolute atomic E-state index is 4.40. The highest BCUT2D eigenvalue weighted by molar-refractivity contribution is 5.41. The van der Waals surface area contributed by atoms with Crippen molar-refractivity contribution in [2.45, 2.75) is 20.4 Å². The standard InChI is InChI=1S/C14H19N3/c1-3-16(4-2)14-10-15-17(12-14)11-13-8-6-5-7-9-13/h5-10,12H,3-4,11H2,1-2H3. The van der Waals surface area contributed by atoms with E-state index in [0.717, 1.165) is 19.6 Å². The summed E-state index contributed by atoms with van der Waals surface area (Å²) in [5.74, 6) is 0. The van der Waals surface area contributed by atoms with Crippen LogP contribution in [0.2, 0.25) is 0 Å². The molecule has 2 rings (SSSR count). The monoisotopic (exact) mass is 229 g/mol. The minimum atomic E-state index is 0.835. The Morgan fingerprint density at radius 3 is 2.47 bits per heavy atom. The van der Waals surface area contributed by atoms with Crippen molar-refractivity contribution in [1.29, 1.82) is 0 Å². The Morgan fingerprint density at radius 1 is 1.12 bits per heavy atom. The van der Waals surface area contributed by atoms with Gasteiger partial charge in [-0.2, -0.15) is 5.10 Å². The third-order valence-corrected chi connectivity index (χ3v) is 2.94. The fourth-order valence-electron chi connectivity index (χ4n) is 1.96. The molecular weight excluding hydrogens is 210 g/mol. The second-order valence-corrected chi connectivity index (χ2v) is 4.05. The molecule has 90 valence electrons. The summed E-state index contributed by atoms with van der Waals surface area (Å²) < 4.78 is 1.99. The smallest absolute Gasteiger partial charge is 0.0752 e. The third kappa shape index (κ3) is 2.87. The number of benzene rings is 1. The van der Waals surface area contributed by atoms with Crippen LogP contribution in [0.4, 0.5) is 5.69 Å². The number of hydrogen-bond acceptors (Lipinski definition) is 2. The summed E-state index contributed by atoms with van der Waals surface area (Å²) >= 11 is 0. The van der Waals surface area contributed by atoms with Gasteiger partial charge in [-0.25, -0.2) is 0 Å². The van der Waals surface area contributed by atoms with Gasteiger partial charge in [0.05, 0.1) is 18.4 Å². The Balaban J connectivity index is 2.08. The van der Waals surface area contributed by atoms with Crippen LogP contribution < -0.4 is 4.90 Å². The van der Waals surface area contributed by atoms with Crippen LogP contribution in [-0.4, -0.2) is 22.9 Å². The van der Waals surface area contributed by atoms with Crippen LogP contribution >= 0.6 is 0 Å². The summed E-state index contributed by atoms with van der Waals surface area (Å²) in [6.07, 6.45) is 4.05. The van der Waals surface area contributed by atoms with E-state index >= 15 is 0 Å². The van der Waals surface area contributed by atoms with E-state index in [9.17, 15) is 0 Å². The Kier molecular flexibility index (Phi) is 3.81. The Labute approximate surface area is 103 Å². The van der Waals surface area contributed by atoms with Gasteiger partial charge in [0.1, 0.15) is 0 Å². The molecule has 0 saturated heterocycles. The zero-order chi connectivity index (χ0) is 12.1. The van der Waals surface area contributed by atoms with Gasteiger partial charge < -0.3 is 4.90 Å². The van der Waals surface area contributed by atoms with Gasteiger partial charge in [0.2, 0.25) is 0 Å². The predicted octanol–water partition coefficient (Wildman–Crippen LogP) is 2.78. The van der Waals surface area contributed by atoms with Gasteiger partial charge in [0, 0.05) is 19.3 Å². The van der Waals surface area contributed by atoms with Crippen LogP contribution in [0.15, 0.2) is 42.7 Å². The number of anilines is 1. The Bertz CT molecular complexity index is 444. The molecular formula is C14H19N3. The Morgan fingerprint density at radius 2 is 1.82 bits per heavy atom. The van der Waals surface area contributed by atoms with Crippen molar-refractivity contribution in [2.75, 3.05) is 18.0 Å². The Hall–Kier alpha value is -1.77. The van der Waals surface area contributed by atoms with Crippen molar-refractivity contribution < 1.29 is 0 Å². The van der Waals surface area contributed by atoms with Gasteiger partial charge in [-0.15, -0.1) is 0 Å². The zero-order valence-electron chi connectivity index (χ0n) is 10.5. The first-order valence-electron chi connectivity index (χ1n) is 6.14. The number of rotatable bonds is 5.